The third-order valence-electron chi connectivity index (χ3n) is 3.41. The summed E-state index contributed by atoms with van der Waals surface area (Å²) >= 11 is 1.60. The van der Waals surface area contributed by atoms with Gasteiger partial charge in [0.1, 0.15) is 11.5 Å². The molecule has 0 saturated heterocycles. The lowest BCUT2D eigenvalue weighted by molar-refractivity contribution is 0.102. The zero-order chi connectivity index (χ0) is 16.5. The number of nitrogens with zero attached hydrogens (tertiary/aromatic N) is 2. The van der Waals surface area contributed by atoms with E-state index in [9.17, 15) is 9.59 Å². The van der Waals surface area contributed by atoms with Crippen molar-refractivity contribution >= 4 is 34.0 Å². The molecule has 4 aromatic rings. The summed E-state index contributed by atoms with van der Waals surface area (Å²) in [7, 11) is 0. The molecule has 0 radical (unpaired) electrons. The molecule has 1 amide bonds. The average Bonchev–Trinajstić information content (AvgIpc) is 3.24. The number of nitrogens with one attached hydrogen (secondary N) is 3. The fourth-order valence-corrected chi connectivity index (χ4v) is 2.95. The number of hydrogen-bond donors (Lipinski definition) is 3. The zero-order valence-corrected chi connectivity index (χ0v) is 13.1. The number of fused-ring (bicyclic) bond motifs is 1. The topological polar surface area (TPSA) is 104 Å². The summed E-state index contributed by atoms with van der Waals surface area (Å²) in [5.74, 6) is 0.398. The Balaban J connectivity index is 1.61. The van der Waals surface area contributed by atoms with Gasteiger partial charge in [0.15, 0.2) is 0 Å². The first-order valence-electron chi connectivity index (χ1n) is 7.10. The van der Waals surface area contributed by atoms with Crippen molar-refractivity contribution in [1.82, 2.24) is 20.2 Å². The Morgan fingerprint density at radius 3 is 2.83 bits per heavy atom. The van der Waals surface area contributed by atoms with E-state index in [1.54, 1.807) is 17.4 Å². The molecule has 24 heavy (non-hydrogen) atoms. The van der Waals surface area contributed by atoms with Crippen LogP contribution >= 0.6 is 11.3 Å². The highest BCUT2D eigenvalue weighted by atomic mass is 32.1. The van der Waals surface area contributed by atoms with Gasteiger partial charge in [0.25, 0.3) is 11.5 Å². The van der Waals surface area contributed by atoms with E-state index >= 15 is 0 Å². The predicted octanol–water partition coefficient (Wildman–Crippen LogP) is 2.63. The van der Waals surface area contributed by atoms with Crippen molar-refractivity contribution in [2.45, 2.75) is 0 Å². The number of anilines is 1. The van der Waals surface area contributed by atoms with Gasteiger partial charge in [-0.2, -0.15) is 5.10 Å². The normalized spacial score (nSPS) is 10.8. The minimum absolute atomic E-state index is 0.138. The third-order valence-corrected chi connectivity index (χ3v) is 4.28. The van der Waals surface area contributed by atoms with Crippen molar-refractivity contribution in [2.24, 2.45) is 0 Å². The first kappa shape index (κ1) is 14.3. The Bertz CT molecular complexity index is 1060. The molecule has 4 rings (SSSR count). The summed E-state index contributed by atoms with van der Waals surface area (Å²) in [6.07, 6.45) is 0. The predicted molar refractivity (Wildman–Crippen MR) is 92.2 cm³/mol. The van der Waals surface area contributed by atoms with Crippen molar-refractivity contribution in [3.05, 3.63) is 63.9 Å². The minimum Gasteiger partial charge on any atom is -0.337 e. The van der Waals surface area contributed by atoms with Crippen LogP contribution in [0, 0.1) is 0 Å². The van der Waals surface area contributed by atoms with Crippen molar-refractivity contribution in [3.8, 4) is 10.7 Å². The van der Waals surface area contributed by atoms with E-state index < -0.39 is 5.91 Å². The van der Waals surface area contributed by atoms with Crippen molar-refractivity contribution < 1.29 is 4.79 Å². The lowest BCUT2D eigenvalue weighted by Gasteiger charge is -2.03. The summed E-state index contributed by atoms with van der Waals surface area (Å²) in [6.45, 7) is 0. The minimum atomic E-state index is -0.399. The van der Waals surface area contributed by atoms with Crippen LogP contribution in [0.5, 0.6) is 0 Å². The lowest BCUT2D eigenvalue weighted by Crippen LogP contribution is -2.17. The molecule has 0 bridgehead atoms. The molecule has 0 aliphatic heterocycles. The van der Waals surface area contributed by atoms with Crippen molar-refractivity contribution in [2.75, 3.05) is 5.32 Å². The molecule has 7 nitrogen and oxygen atoms in total. The lowest BCUT2D eigenvalue weighted by atomic mass is 10.2. The fourth-order valence-electron chi connectivity index (χ4n) is 2.28. The number of amides is 1. The van der Waals surface area contributed by atoms with Gasteiger partial charge in [-0.25, -0.2) is 10.1 Å². The number of thiophene rings is 1. The van der Waals surface area contributed by atoms with Crippen LogP contribution in [0.2, 0.25) is 0 Å². The largest absolute Gasteiger partial charge is 0.337 e. The summed E-state index contributed by atoms with van der Waals surface area (Å²) in [6, 6.07) is 12.0. The molecule has 8 heteroatoms. The highest BCUT2D eigenvalue weighted by Crippen LogP contribution is 2.26. The number of H-pyrrole nitrogens is 2. The molecular formula is C16H11N5O2S. The first-order valence-corrected chi connectivity index (χ1v) is 7.98. The van der Waals surface area contributed by atoms with Crippen molar-refractivity contribution in [1.29, 1.82) is 0 Å². The molecule has 118 valence electrons. The van der Waals surface area contributed by atoms with Gasteiger partial charge in [-0.3, -0.25) is 9.59 Å². The van der Waals surface area contributed by atoms with Crippen LogP contribution in [0.15, 0.2) is 52.6 Å². The molecular weight excluding hydrogens is 326 g/mol. The van der Waals surface area contributed by atoms with Crippen LogP contribution in [0.25, 0.3) is 21.7 Å². The first-order chi connectivity index (χ1) is 11.7. The Morgan fingerprint density at radius 2 is 2.08 bits per heavy atom. The Morgan fingerprint density at radius 1 is 1.17 bits per heavy atom. The van der Waals surface area contributed by atoms with Gasteiger partial charge in [0.05, 0.1) is 15.9 Å². The maximum atomic E-state index is 12.1. The molecule has 3 N–H and O–H groups in total. The number of carbonyl (C=O) groups is 1. The van der Waals surface area contributed by atoms with Crippen LogP contribution in [0.4, 0.5) is 5.69 Å². The standard InChI is InChI=1S/C16H11N5O2S/c22-14-6-5-11(20-21-14)16(23)17-9-3-4-10-12(8-9)19-15(18-10)13-2-1-7-24-13/h1-8H,(H,17,23)(H,18,19)(H,21,22). The quantitative estimate of drug-likeness (QED) is 0.534. The molecule has 3 heterocycles. The SMILES string of the molecule is O=C(Nc1ccc2nc(-c3cccs3)[nH]c2c1)c1ccc(=O)[nH]n1. The summed E-state index contributed by atoms with van der Waals surface area (Å²) < 4.78 is 0. The van der Waals surface area contributed by atoms with Crippen LogP contribution in [0.1, 0.15) is 10.5 Å². The molecule has 0 aliphatic carbocycles. The molecule has 0 atom stereocenters. The van der Waals surface area contributed by atoms with Gasteiger partial charge in [0, 0.05) is 11.8 Å². The van der Waals surface area contributed by atoms with Crippen LogP contribution in [0.3, 0.4) is 0 Å². The zero-order valence-electron chi connectivity index (χ0n) is 12.2. The molecule has 1 aromatic carbocycles. The van der Waals surface area contributed by atoms with E-state index in [-0.39, 0.29) is 11.3 Å². The van der Waals surface area contributed by atoms with Gasteiger partial charge < -0.3 is 10.3 Å². The van der Waals surface area contributed by atoms with E-state index in [4.69, 9.17) is 0 Å². The number of carbonyl (C=O) groups excluding carboxylic acids is 1. The maximum Gasteiger partial charge on any atom is 0.276 e. The van der Waals surface area contributed by atoms with E-state index in [1.165, 1.54) is 12.1 Å². The van der Waals surface area contributed by atoms with Gasteiger partial charge in [0.2, 0.25) is 0 Å². The fraction of sp³-hybridized carbons (Fsp3) is 0. The number of benzene rings is 1. The Kier molecular flexibility index (Phi) is 3.43. The van der Waals surface area contributed by atoms with E-state index in [0.29, 0.717) is 5.69 Å². The number of aromatic amines is 2. The van der Waals surface area contributed by atoms with Crippen molar-refractivity contribution in [3.63, 3.8) is 0 Å². The maximum absolute atomic E-state index is 12.1. The average molecular weight is 337 g/mol. The molecule has 0 aliphatic rings. The second-order valence-corrected chi connectivity index (χ2v) is 6.00. The summed E-state index contributed by atoms with van der Waals surface area (Å²) in [5.41, 5.74) is 2.04. The highest BCUT2D eigenvalue weighted by molar-refractivity contribution is 7.13. The summed E-state index contributed by atoms with van der Waals surface area (Å²) in [4.78, 5) is 31.9. The number of aromatic nitrogens is 4. The number of imidazole rings is 1. The second kappa shape index (κ2) is 5.74. The Hall–Kier alpha value is -3.26. The van der Waals surface area contributed by atoms with Gasteiger partial charge >= 0.3 is 0 Å². The van der Waals surface area contributed by atoms with Gasteiger partial charge in [-0.1, -0.05) is 6.07 Å². The molecule has 0 saturated carbocycles. The Labute approximate surface area is 139 Å². The van der Waals surface area contributed by atoms with Crippen LogP contribution in [-0.2, 0) is 0 Å². The smallest absolute Gasteiger partial charge is 0.276 e. The van der Waals surface area contributed by atoms with Gasteiger partial charge in [-0.05, 0) is 35.7 Å². The van der Waals surface area contributed by atoms with E-state index in [2.05, 4.69) is 25.5 Å². The summed E-state index contributed by atoms with van der Waals surface area (Å²) in [5, 5.41) is 10.7. The third kappa shape index (κ3) is 2.70. The molecule has 0 unspecified atom stereocenters. The monoisotopic (exact) mass is 337 g/mol. The van der Waals surface area contributed by atoms with Gasteiger partial charge in [-0.15, -0.1) is 11.3 Å². The molecule has 0 fully saturated rings. The second-order valence-electron chi connectivity index (χ2n) is 5.06. The number of hydrogen-bond acceptors (Lipinski definition) is 5. The van der Waals surface area contributed by atoms with Crippen LogP contribution in [-0.4, -0.2) is 26.1 Å². The highest BCUT2D eigenvalue weighted by Gasteiger charge is 2.10. The van der Waals surface area contributed by atoms with E-state index in [1.807, 2.05) is 29.6 Å². The molecule has 0 spiro atoms. The van der Waals surface area contributed by atoms with E-state index in [0.717, 1.165) is 21.7 Å². The number of rotatable bonds is 3. The molecule has 3 aromatic heterocycles. The van der Waals surface area contributed by atoms with Crippen LogP contribution < -0.4 is 10.9 Å².